The molecule has 1 N–H and O–H groups in total. The molecule has 0 heterocycles. The van der Waals surface area contributed by atoms with Crippen LogP contribution in [0.3, 0.4) is 0 Å². The molecule has 0 radical (unpaired) electrons. The molecular formula is C13H23N. The fourth-order valence-electron chi connectivity index (χ4n) is 2.15. The normalized spacial score (nSPS) is 22.0. The lowest BCUT2D eigenvalue weighted by Crippen LogP contribution is -2.30. The Kier molecular flexibility index (Phi) is 5.71. The van der Waals surface area contributed by atoms with E-state index in [0.29, 0.717) is 0 Å². The van der Waals surface area contributed by atoms with Crippen LogP contribution in [-0.4, -0.2) is 12.6 Å². The molecule has 1 aliphatic rings. The lowest BCUT2D eigenvalue weighted by molar-refractivity contribution is 0.357. The van der Waals surface area contributed by atoms with Gasteiger partial charge in [0.2, 0.25) is 0 Å². The average molecular weight is 193 g/mol. The molecule has 14 heavy (non-hydrogen) atoms. The smallest absolute Gasteiger partial charge is 0.0658 e. The summed E-state index contributed by atoms with van der Waals surface area (Å²) in [7, 11) is 0. The quantitative estimate of drug-likeness (QED) is 0.679. The Morgan fingerprint density at radius 3 is 2.36 bits per heavy atom. The van der Waals surface area contributed by atoms with E-state index in [0.717, 1.165) is 12.5 Å². The van der Waals surface area contributed by atoms with Crippen molar-refractivity contribution in [1.82, 2.24) is 5.32 Å². The minimum absolute atomic E-state index is 0.237. The molecule has 0 aromatic rings. The maximum absolute atomic E-state index is 5.33. The van der Waals surface area contributed by atoms with Gasteiger partial charge in [0.05, 0.1) is 6.04 Å². The lowest BCUT2D eigenvalue weighted by Gasteiger charge is -2.20. The van der Waals surface area contributed by atoms with Crippen LogP contribution in [0.25, 0.3) is 0 Å². The molecule has 1 fully saturated rings. The summed E-state index contributed by atoms with van der Waals surface area (Å²) in [6, 6.07) is 0.237. The van der Waals surface area contributed by atoms with Gasteiger partial charge in [0.1, 0.15) is 0 Å². The van der Waals surface area contributed by atoms with Crippen LogP contribution in [0, 0.1) is 18.3 Å². The molecule has 1 saturated carbocycles. The summed E-state index contributed by atoms with van der Waals surface area (Å²) < 4.78 is 0. The predicted molar refractivity (Wildman–Crippen MR) is 62.1 cm³/mol. The molecular weight excluding hydrogens is 170 g/mol. The molecule has 1 unspecified atom stereocenters. The van der Waals surface area contributed by atoms with Gasteiger partial charge in [-0.2, -0.15) is 0 Å². The Morgan fingerprint density at radius 2 is 1.79 bits per heavy atom. The third-order valence-electron chi connectivity index (χ3n) is 3.19. The molecule has 0 bridgehead atoms. The van der Waals surface area contributed by atoms with Gasteiger partial charge >= 0.3 is 0 Å². The van der Waals surface area contributed by atoms with Gasteiger partial charge in [-0.3, -0.25) is 0 Å². The van der Waals surface area contributed by atoms with E-state index < -0.39 is 0 Å². The third kappa shape index (κ3) is 4.67. The van der Waals surface area contributed by atoms with Crippen molar-refractivity contribution in [2.75, 3.05) is 6.54 Å². The van der Waals surface area contributed by atoms with E-state index in [9.17, 15) is 0 Å². The summed E-state index contributed by atoms with van der Waals surface area (Å²) in [6.07, 6.45) is 15.3. The number of hydrogen-bond acceptors (Lipinski definition) is 1. The maximum Gasteiger partial charge on any atom is 0.0658 e. The molecule has 0 aromatic carbocycles. The Labute approximate surface area is 88.7 Å². The highest BCUT2D eigenvalue weighted by atomic mass is 14.9. The van der Waals surface area contributed by atoms with Gasteiger partial charge in [-0.15, -0.1) is 6.42 Å². The number of nitrogens with one attached hydrogen (secondary N) is 1. The van der Waals surface area contributed by atoms with Crippen LogP contribution in [0.5, 0.6) is 0 Å². The second-order valence-corrected chi connectivity index (χ2v) is 4.51. The minimum atomic E-state index is 0.237. The van der Waals surface area contributed by atoms with Gasteiger partial charge in [0.25, 0.3) is 0 Å². The van der Waals surface area contributed by atoms with Crippen molar-refractivity contribution in [3.8, 4) is 12.3 Å². The highest BCUT2D eigenvalue weighted by Crippen LogP contribution is 2.21. The highest BCUT2D eigenvalue weighted by molar-refractivity contribution is 4.95. The summed E-state index contributed by atoms with van der Waals surface area (Å²) in [5, 5.41) is 3.41. The van der Waals surface area contributed by atoms with Crippen molar-refractivity contribution >= 4 is 0 Å². The van der Waals surface area contributed by atoms with Crippen molar-refractivity contribution in [2.45, 2.75) is 57.9 Å². The molecule has 0 amide bonds. The first-order valence-electron chi connectivity index (χ1n) is 6.02. The fourth-order valence-corrected chi connectivity index (χ4v) is 2.15. The van der Waals surface area contributed by atoms with Gasteiger partial charge in [-0.1, -0.05) is 38.0 Å². The molecule has 1 nitrogen and oxygen atoms in total. The van der Waals surface area contributed by atoms with Crippen molar-refractivity contribution in [3.63, 3.8) is 0 Å². The van der Waals surface area contributed by atoms with Crippen molar-refractivity contribution in [3.05, 3.63) is 0 Å². The van der Waals surface area contributed by atoms with Crippen LogP contribution in [0.2, 0.25) is 0 Å². The summed E-state index contributed by atoms with van der Waals surface area (Å²) in [5.41, 5.74) is 0. The molecule has 0 aliphatic heterocycles. The van der Waals surface area contributed by atoms with Gasteiger partial charge < -0.3 is 5.32 Å². The lowest BCUT2D eigenvalue weighted by atomic mass is 9.91. The van der Waals surface area contributed by atoms with E-state index in [4.69, 9.17) is 6.42 Å². The van der Waals surface area contributed by atoms with Crippen LogP contribution < -0.4 is 5.32 Å². The Hall–Kier alpha value is -0.480. The molecule has 1 aliphatic carbocycles. The van der Waals surface area contributed by atoms with Crippen LogP contribution in [0.1, 0.15) is 51.9 Å². The average Bonchev–Trinajstić information content (AvgIpc) is 2.15. The Morgan fingerprint density at radius 1 is 1.21 bits per heavy atom. The monoisotopic (exact) mass is 193 g/mol. The number of terminal acetylenes is 1. The zero-order valence-corrected chi connectivity index (χ0v) is 9.39. The van der Waals surface area contributed by atoms with Gasteiger partial charge in [0.15, 0.2) is 0 Å². The zero-order valence-electron chi connectivity index (χ0n) is 9.39. The first-order valence-corrected chi connectivity index (χ1v) is 6.02. The van der Waals surface area contributed by atoms with E-state index in [1.54, 1.807) is 0 Å². The topological polar surface area (TPSA) is 12.0 Å². The molecule has 0 aromatic heterocycles. The molecule has 0 saturated heterocycles. The largest absolute Gasteiger partial charge is 0.304 e. The van der Waals surface area contributed by atoms with Gasteiger partial charge in [0, 0.05) is 0 Å². The van der Waals surface area contributed by atoms with E-state index in [1.807, 2.05) is 0 Å². The molecule has 1 heteroatoms. The summed E-state index contributed by atoms with van der Waals surface area (Å²) >= 11 is 0. The summed E-state index contributed by atoms with van der Waals surface area (Å²) in [6.45, 7) is 3.17. The Bertz CT molecular complexity index is 172. The number of rotatable bonds is 3. The van der Waals surface area contributed by atoms with Crippen LogP contribution in [0.4, 0.5) is 0 Å². The van der Waals surface area contributed by atoms with Crippen LogP contribution >= 0.6 is 0 Å². The maximum atomic E-state index is 5.33. The minimum Gasteiger partial charge on any atom is -0.304 e. The summed E-state index contributed by atoms with van der Waals surface area (Å²) in [4.78, 5) is 0. The van der Waals surface area contributed by atoms with Gasteiger partial charge in [-0.25, -0.2) is 0 Å². The first-order chi connectivity index (χ1) is 6.83. The molecule has 80 valence electrons. The van der Waals surface area contributed by atoms with Crippen molar-refractivity contribution in [2.24, 2.45) is 5.92 Å². The molecule has 0 spiro atoms. The molecule has 1 atom stereocenters. The highest BCUT2D eigenvalue weighted by Gasteiger charge is 2.11. The summed E-state index contributed by atoms with van der Waals surface area (Å²) in [5.74, 6) is 3.59. The van der Waals surface area contributed by atoms with Crippen molar-refractivity contribution in [1.29, 1.82) is 0 Å². The predicted octanol–water partition coefficient (Wildman–Crippen LogP) is 2.96. The van der Waals surface area contributed by atoms with Crippen LogP contribution in [-0.2, 0) is 0 Å². The Balaban J connectivity index is 2.17. The van der Waals surface area contributed by atoms with Gasteiger partial charge in [-0.05, 0) is 32.2 Å². The van der Waals surface area contributed by atoms with E-state index in [-0.39, 0.29) is 6.04 Å². The second kappa shape index (κ2) is 6.90. The van der Waals surface area contributed by atoms with E-state index in [2.05, 4.69) is 18.2 Å². The number of hydrogen-bond donors (Lipinski definition) is 1. The standard InChI is InChI=1S/C13H23N/c1-3-12(2)14-11-13-9-7-5-4-6-8-10-13/h1,12-14H,4-11H2,2H3. The molecule has 1 rings (SSSR count). The zero-order chi connectivity index (χ0) is 10.2. The third-order valence-corrected chi connectivity index (χ3v) is 3.19. The second-order valence-electron chi connectivity index (χ2n) is 4.51. The van der Waals surface area contributed by atoms with E-state index >= 15 is 0 Å². The fraction of sp³-hybridized carbons (Fsp3) is 0.846. The van der Waals surface area contributed by atoms with Crippen molar-refractivity contribution < 1.29 is 0 Å². The SMILES string of the molecule is C#CC(C)NCC1CCCCCCC1. The van der Waals surface area contributed by atoms with Crippen LogP contribution in [0.15, 0.2) is 0 Å². The first kappa shape index (κ1) is 11.6. The van der Waals surface area contributed by atoms with E-state index in [1.165, 1.54) is 44.9 Å².